The highest BCUT2D eigenvalue weighted by Gasteiger charge is 2.09. The molecule has 1 saturated heterocycles. The Labute approximate surface area is 102 Å². The van der Waals surface area contributed by atoms with Gasteiger partial charge in [-0.25, -0.2) is 0 Å². The van der Waals surface area contributed by atoms with Crippen molar-refractivity contribution in [2.75, 3.05) is 31.1 Å². The summed E-state index contributed by atoms with van der Waals surface area (Å²) in [5.74, 6) is 0. The fourth-order valence-electron chi connectivity index (χ4n) is 2.38. The van der Waals surface area contributed by atoms with Gasteiger partial charge in [0.2, 0.25) is 0 Å². The van der Waals surface area contributed by atoms with Crippen molar-refractivity contribution < 1.29 is 0 Å². The fraction of sp³-hybridized carbons (Fsp3) is 0.333. The molecule has 2 aromatic carbocycles. The van der Waals surface area contributed by atoms with Crippen LogP contribution in [0.3, 0.4) is 0 Å². The van der Waals surface area contributed by atoms with Crippen LogP contribution in [0.15, 0.2) is 36.4 Å². The summed E-state index contributed by atoms with van der Waals surface area (Å²) in [7, 11) is 0. The van der Waals surface area contributed by atoms with Crippen LogP contribution < -0.4 is 10.2 Å². The van der Waals surface area contributed by atoms with E-state index in [0.717, 1.165) is 26.2 Å². The molecule has 1 N–H and O–H groups in total. The number of hydrogen-bond donors (Lipinski definition) is 1. The van der Waals surface area contributed by atoms with Crippen LogP contribution in [0.4, 0.5) is 5.69 Å². The van der Waals surface area contributed by atoms with Gasteiger partial charge in [-0.1, -0.05) is 30.3 Å². The van der Waals surface area contributed by atoms with Crippen molar-refractivity contribution in [3.63, 3.8) is 0 Å². The second-order valence-electron chi connectivity index (χ2n) is 4.52. The number of rotatable bonds is 1. The predicted molar refractivity (Wildman–Crippen MR) is 72.5 cm³/mol. The second-order valence-corrected chi connectivity index (χ2v) is 4.52. The van der Waals surface area contributed by atoms with Gasteiger partial charge in [-0.2, -0.15) is 0 Å². The van der Waals surface area contributed by atoms with Crippen LogP contribution >= 0.6 is 0 Å². The number of hydrogen-bond acceptors (Lipinski definition) is 2. The van der Waals surface area contributed by atoms with Gasteiger partial charge in [0.1, 0.15) is 0 Å². The Hall–Kier alpha value is -1.54. The molecule has 0 atom stereocenters. The summed E-state index contributed by atoms with van der Waals surface area (Å²) >= 11 is 0. The average Bonchev–Trinajstić information content (AvgIpc) is 2.67. The summed E-state index contributed by atoms with van der Waals surface area (Å²) in [5.41, 5.74) is 1.23. The minimum absolute atomic E-state index is 1.07. The molecule has 1 aliphatic rings. The standard InChI is InChI=1S/C15H17N2/c1-2-5-14-12-15(7-6-13(14)4-1)17-10-3-8-16-9-11-17/h1-2,4-7,16H,3,8-11H2. The molecule has 0 amide bonds. The molecule has 87 valence electrons. The highest BCUT2D eigenvalue weighted by molar-refractivity contribution is 5.85. The van der Waals surface area contributed by atoms with Crippen LogP contribution in [0.1, 0.15) is 6.42 Å². The summed E-state index contributed by atoms with van der Waals surface area (Å²) in [6.45, 7) is 4.40. The van der Waals surface area contributed by atoms with Crippen molar-refractivity contribution in [1.29, 1.82) is 0 Å². The van der Waals surface area contributed by atoms with E-state index < -0.39 is 0 Å². The van der Waals surface area contributed by atoms with Crippen LogP contribution in [-0.4, -0.2) is 26.2 Å². The topological polar surface area (TPSA) is 15.3 Å². The molecule has 0 bridgehead atoms. The summed E-state index contributed by atoms with van der Waals surface area (Å²) in [6, 6.07) is 16.3. The van der Waals surface area contributed by atoms with Crippen LogP contribution in [-0.2, 0) is 0 Å². The third kappa shape index (κ3) is 2.27. The van der Waals surface area contributed by atoms with E-state index >= 15 is 0 Å². The van der Waals surface area contributed by atoms with E-state index in [-0.39, 0.29) is 0 Å². The first-order chi connectivity index (χ1) is 8.43. The van der Waals surface area contributed by atoms with E-state index in [1.165, 1.54) is 22.9 Å². The predicted octanol–water partition coefficient (Wildman–Crippen LogP) is 2.44. The van der Waals surface area contributed by atoms with Crippen molar-refractivity contribution in [1.82, 2.24) is 5.32 Å². The minimum Gasteiger partial charge on any atom is -0.370 e. The highest BCUT2D eigenvalue weighted by Crippen LogP contribution is 2.21. The van der Waals surface area contributed by atoms with Gasteiger partial charge >= 0.3 is 0 Å². The van der Waals surface area contributed by atoms with Gasteiger partial charge in [-0.05, 0) is 29.8 Å². The molecule has 1 fully saturated rings. The number of anilines is 1. The lowest BCUT2D eigenvalue weighted by molar-refractivity contribution is 0.724. The first-order valence-corrected chi connectivity index (χ1v) is 6.30. The number of benzene rings is 2. The Morgan fingerprint density at radius 2 is 1.94 bits per heavy atom. The third-order valence-electron chi connectivity index (χ3n) is 3.33. The van der Waals surface area contributed by atoms with Gasteiger partial charge in [-0.3, -0.25) is 0 Å². The monoisotopic (exact) mass is 225 g/mol. The zero-order valence-corrected chi connectivity index (χ0v) is 9.95. The second kappa shape index (κ2) is 4.76. The van der Waals surface area contributed by atoms with E-state index in [0.29, 0.717) is 0 Å². The first kappa shape index (κ1) is 10.6. The van der Waals surface area contributed by atoms with Gasteiger partial charge in [0, 0.05) is 31.4 Å². The summed E-state index contributed by atoms with van der Waals surface area (Å²) in [4.78, 5) is 2.42. The smallest absolute Gasteiger partial charge is 0.0453 e. The quantitative estimate of drug-likeness (QED) is 0.802. The SMILES string of the molecule is [c]1c(N2CCCNCC2)ccc2ccccc12. The molecule has 2 aromatic rings. The van der Waals surface area contributed by atoms with Crippen LogP contribution in [0.2, 0.25) is 0 Å². The maximum absolute atomic E-state index is 3.52. The van der Waals surface area contributed by atoms with Gasteiger partial charge in [-0.15, -0.1) is 0 Å². The minimum atomic E-state index is 1.07. The Balaban J connectivity index is 1.93. The lowest BCUT2D eigenvalue weighted by Gasteiger charge is -2.22. The van der Waals surface area contributed by atoms with Crippen LogP contribution in [0, 0.1) is 6.07 Å². The Bertz CT molecular complexity index is 499. The van der Waals surface area contributed by atoms with E-state index in [4.69, 9.17) is 0 Å². The zero-order valence-electron chi connectivity index (χ0n) is 9.95. The molecule has 1 radical (unpaired) electrons. The van der Waals surface area contributed by atoms with Crippen molar-refractivity contribution in [3.05, 3.63) is 42.5 Å². The maximum atomic E-state index is 3.52. The molecule has 17 heavy (non-hydrogen) atoms. The lowest BCUT2D eigenvalue weighted by atomic mass is 10.1. The van der Waals surface area contributed by atoms with E-state index in [9.17, 15) is 0 Å². The normalized spacial score (nSPS) is 17.1. The Morgan fingerprint density at radius 3 is 2.94 bits per heavy atom. The molecular formula is C15H17N2. The van der Waals surface area contributed by atoms with E-state index in [1.54, 1.807) is 0 Å². The van der Waals surface area contributed by atoms with Crippen molar-refractivity contribution in [3.8, 4) is 0 Å². The van der Waals surface area contributed by atoms with E-state index in [1.807, 2.05) is 0 Å². The largest absolute Gasteiger partial charge is 0.370 e. The van der Waals surface area contributed by atoms with Gasteiger partial charge in [0.05, 0.1) is 0 Å². The van der Waals surface area contributed by atoms with Gasteiger partial charge in [0.25, 0.3) is 0 Å². The van der Waals surface area contributed by atoms with Crippen molar-refractivity contribution >= 4 is 16.5 Å². The molecule has 3 rings (SSSR count). The van der Waals surface area contributed by atoms with Gasteiger partial charge in [0.15, 0.2) is 0 Å². The molecule has 1 aliphatic heterocycles. The number of nitrogens with one attached hydrogen (secondary N) is 1. The number of fused-ring (bicyclic) bond motifs is 1. The van der Waals surface area contributed by atoms with Crippen LogP contribution in [0.5, 0.6) is 0 Å². The summed E-state index contributed by atoms with van der Waals surface area (Å²) in [6.07, 6.45) is 1.21. The molecule has 0 aromatic heterocycles. The lowest BCUT2D eigenvalue weighted by Crippen LogP contribution is -2.27. The molecule has 0 saturated carbocycles. The number of nitrogens with zero attached hydrogens (tertiary/aromatic N) is 1. The molecular weight excluding hydrogens is 208 g/mol. The highest BCUT2D eigenvalue weighted by atomic mass is 15.2. The van der Waals surface area contributed by atoms with Crippen LogP contribution in [0.25, 0.3) is 10.8 Å². The Morgan fingerprint density at radius 1 is 1.00 bits per heavy atom. The summed E-state index contributed by atoms with van der Waals surface area (Å²) < 4.78 is 0. The Kier molecular flexibility index (Phi) is 2.97. The molecule has 2 nitrogen and oxygen atoms in total. The van der Waals surface area contributed by atoms with Crippen molar-refractivity contribution in [2.45, 2.75) is 6.42 Å². The zero-order chi connectivity index (χ0) is 11.5. The van der Waals surface area contributed by atoms with E-state index in [2.05, 4.69) is 52.7 Å². The fourth-order valence-corrected chi connectivity index (χ4v) is 2.38. The van der Waals surface area contributed by atoms with Crippen molar-refractivity contribution in [2.24, 2.45) is 0 Å². The molecule has 0 unspecified atom stereocenters. The molecule has 0 spiro atoms. The maximum Gasteiger partial charge on any atom is 0.0453 e. The van der Waals surface area contributed by atoms with Gasteiger partial charge < -0.3 is 10.2 Å². The average molecular weight is 225 g/mol. The molecule has 0 aliphatic carbocycles. The molecule has 2 heteroatoms. The molecule has 1 heterocycles. The third-order valence-corrected chi connectivity index (χ3v) is 3.33. The first-order valence-electron chi connectivity index (χ1n) is 6.30. The summed E-state index contributed by atoms with van der Waals surface area (Å²) in [5, 5.41) is 5.91.